The lowest BCUT2D eigenvalue weighted by Crippen LogP contribution is -1.99. The molecule has 0 saturated heterocycles. The van der Waals surface area contributed by atoms with E-state index in [1.807, 2.05) is 19.1 Å². The topological polar surface area (TPSA) is 38.7 Å². The van der Waals surface area contributed by atoms with E-state index in [4.69, 9.17) is 23.2 Å². The van der Waals surface area contributed by atoms with Crippen molar-refractivity contribution in [1.29, 1.82) is 0 Å². The van der Waals surface area contributed by atoms with Gasteiger partial charge in [-0.2, -0.15) is 0 Å². The predicted molar refractivity (Wildman–Crippen MR) is 64.6 cm³/mol. The van der Waals surface area contributed by atoms with Crippen molar-refractivity contribution in [1.82, 2.24) is 15.0 Å². The molecule has 0 aliphatic carbocycles. The van der Waals surface area contributed by atoms with Crippen LogP contribution in [0.15, 0.2) is 18.3 Å². The van der Waals surface area contributed by atoms with Crippen molar-refractivity contribution in [2.45, 2.75) is 13.3 Å². The van der Waals surface area contributed by atoms with Gasteiger partial charge >= 0.3 is 0 Å². The molecule has 2 rings (SSSR count). The summed E-state index contributed by atoms with van der Waals surface area (Å²) in [4.78, 5) is 11.9. The van der Waals surface area contributed by atoms with Crippen LogP contribution in [0.4, 0.5) is 4.39 Å². The van der Waals surface area contributed by atoms with Gasteiger partial charge in [0.25, 0.3) is 0 Å². The van der Waals surface area contributed by atoms with Crippen LogP contribution < -0.4 is 0 Å². The zero-order valence-corrected chi connectivity index (χ0v) is 10.4. The highest BCUT2D eigenvalue weighted by Gasteiger charge is 2.14. The Kier molecular flexibility index (Phi) is 3.54. The molecule has 88 valence electrons. The molecule has 0 N–H and O–H groups in total. The number of halogens is 3. The van der Waals surface area contributed by atoms with Crippen molar-refractivity contribution in [3.05, 3.63) is 40.0 Å². The molecule has 17 heavy (non-hydrogen) atoms. The first-order valence-corrected chi connectivity index (χ1v) is 5.72. The molecule has 2 aromatic heterocycles. The van der Waals surface area contributed by atoms with Crippen molar-refractivity contribution in [2.75, 3.05) is 0 Å². The van der Waals surface area contributed by atoms with Crippen LogP contribution in [0.25, 0.3) is 11.5 Å². The van der Waals surface area contributed by atoms with Gasteiger partial charge in [-0.1, -0.05) is 36.2 Å². The van der Waals surface area contributed by atoms with Crippen molar-refractivity contribution in [3.63, 3.8) is 0 Å². The molecule has 0 saturated carbocycles. The van der Waals surface area contributed by atoms with E-state index in [1.54, 1.807) is 6.20 Å². The maximum Gasteiger partial charge on any atom is 0.197 e. The van der Waals surface area contributed by atoms with Gasteiger partial charge in [-0.3, -0.25) is 4.98 Å². The molecule has 0 aromatic carbocycles. The van der Waals surface area contributed by atoms with Gasteiger partial charge in [-0.05, 0) is 18.1 Å². The number of aromatic nitrogens is 3. The third-order valence-corrected chi connectivity index (χ3v) is 2.76. The average Bonchev–Trinajstić information content (AvgIpc) is 2.35. The Morgan fingerprint density at radius 3 is 2.47 bits per heavy atom. The maximum absolute atomic E-state index is 13.2. The summed E-state index contributed by atoms with van der Waals surface area (Å²) in [5, 5.41) is -0.597. The van der Waals surface area contributed by atoms with E-state index >= 15 is 0 Å². The van der Waals surface area contributed by atoms with E-state index in [9.17, 15) is 4.39 Å². The third-order valence-electron chi connectivity index (χ3n) is 2.25. The molecule has 0 radical (unpaired) electrons. The Balaban J connectivity index is 2.61. The number of aryl methyl sites for hydroxylation is 1. The Labute approximate surface area is 108 Å². The first kappa shape index (κ1) is 12.2. The zero-order valence-electron chi connectivity index (χ0n) is 8.91. The molecule has 6 heteroatoms. The van der Waals surface area contributed by atoms with Gasteiger partial charge in [-0.25, -0.2) is 14.4 Å². The molecule has 0 spiro atoms. The summed E-state index contributed by atoms with van der Waals surface area (Å²) < 4.78 is 13.2. The molecular weight excluding hydrogens is 264 g/mol. The largest absolute Gasteiger partial charge is 0.253 e. The highest BCUT2D eigenvalue weighted by molar-refractivity contribution is 6.33. The van der Waals surface area contributed by atoms with Crippen molar-refractivity contribution in [2.24, 2.45) is 0 Å². The number of hydrogen-bond acceptors (Lipinski definition) is 3. The third kappa shape index (κ3) is 2.37. The number of pyridine rings is 1. The van der Waals surface area contributed by atoms with E-state index in [0.29, 0.717) is 5.69 Å². The Hall–Kier alpha value is -1.26. The van der Waals surface area contributed by atoms with Gasteiger partial charge in [0.2, 0.25) is 0 Å². The fraction of sp³-hybridized carbons (Fsp3) is 0.182. The molecule has 0 aliphatic rings. The normalized spacial score (nSPS) is 10.6. The van der Waals surface area contributed by atoms with Gasteiger partial charge < -0.3 is 0 Å². The molecule has 0 amide bonds. The molecule has 3 nitrogen and oxygen atoms in total. The first-order chi connectivity index (χ1) is 8.13. The molecular formula is C11H8Cl2FN3. The molecule has 0 aliphatic heterocycles. The van der Waals surface area contributed by atoms with Gasteiger partial charge in [0.05, 0.1) is 0 Å². The second-order valence-corrected chi connectivity index (χ2v) is 4.02. The lowest BCUT2D eigenvalue weighted by atomic mass is 10.1. The lowest BCUT2D eigenvalue weighted by molar-refractivity contribution is 0.615. The Bertz CT molecular complexity index is 537. The van der Waals surface area contributed by atoms with Crippen LogP contribution in [-0.4, -0.2) is 15.0 Å². The van der Waals surface area contributed by atoms with Gasteiger partial charge in [0.1, 0.15) is 5.69 Å². The summed E-state index contributed by atoms with van der Waals surface area (Å²) in [6, 6.07) is 3.71. The van der Waals surface area contributed by atoms with E-state index in [-0.39, 0.29) is 16.1 Å². The minimum absolute atomic E-state index is 0.235. The lowest BCUT2D eigenvalue weighted by Gasteiger charge is -2.06. The van der Waals surface area contributed by atoms with Crippen LogP contribution in [-0.2, 0) is 6.42 Å². The quantitative estimate of drug-likeness (QED) is 0.785. The van der Waals surface area contributed by atoms with Crippen molar-refractivity contribution < 1.29 is 4.39 Å². The van der Waals surface area contributed by atoms with E-state index in [2.05, 4.69) is 15.0 Å². The maximum atomic E-state index is 13.2. The highest BCUT2D eigenvalue weighted by Crippen LogP contribution is 2.24. The van der Waals surface area contributed by atoms with Crippen LogP contribution in [0.2, 0.25) is 10.3 Å². The summed E-state index contributed by atoms with van der Waals surface area (Å²) in [6.07, 6.45) is 2.38. The van der Waals surface area contributed by atoms with Gasteiger partial charge in [-0.15, -0.1) is 0 Å². The van der Waals surface area contributed by atoms with Crippen LogP contribution in [0.5, 0.6) is 0 Å². The van der Waals surface area contributed by atoms with Crippen molar-refractivity contribution in [3.8, 4) is 11.5 Å². The van der Waals surface area contributed by atoms with Crippen LogP contribution in [0.1, 0.15) is 12.5 Å². The smallest absolute Gasteiger partial charge is 0.197 e. The fourth-order valence-corrected chi connectivity index (χ4v) is 1.81. The Morgan fingerprint density at radius 1 is 1.24 bits per heavy atom. The molecule has 0 unspecified atom stereocenters. The van der Waals surface area contributed by atoms with Gasteiger partial charge in [0, 0.05) is 6.20 Å². The zero-order chi connectivity index (χ0) is 12.4. The van der Waals surface area contributed by atoms with Crippen molar-refractivity contribution >= 4 is 23.2 Å². The minimum Gasteiger partial charge on any atom is -0.253 e. The van der Waals surface area contributed by atoms with Crippen LogP contribution >= 0.6 is 23.2 Å². The first-order valence-electron chi connectivity index (χ1n) is 4.96. The molecule has 0 atom stereocenters. The second-order valence-electron chi connectivity index (χ2n) is 3.31. The summed E-state index contributed by atoms with van der Waals surface area (Å²) in [6.45, 7) is 1.98. The predicted octanol–water partition coefficient (Wildman–Crippen LogP) is 3.55. The monoisotopic (exact) mass is 271 g/mol. The standard InChI is InChI=1S/C11H8Cl2FN3/c1-2-6-4-3-5-15-8(6)11-16-9(12)7(14)10(13)17-11/h3-5H,2H2,1H3. The van der Waals surface area contributed by atoms with Crippen LogP contribution in [0.3, 0.4) is 0 Å². The number of nitrogens with zero attached hydrogens (tertiary/aromatic N) is 3. The molecule has 2 heterocycles. The Morgan fingerprint density at radius 2 is 1.88 bits per heavy atom. The van der Waals surface area contributed by atoms with Crippen LogP contribution in [0, 0.1) is 5.82 Å². The van der Waals surface area contributed by atoms with E-state index < -0.39 is 5.82 Å². The van der Waals surface area contributed by atoms with E-state index in [0.717, 1.165) is 12.0 Å². The van der Waals surface area contributed by atoms with E-state index in [1.165, 1.54) is 0 Å². The summed E-state index contributed by atoms with van der Waals surface area (Å²) >= 11 is 11.3. The highest BCUT2D eigenvalue weighted by atomic mass is 35.5. The average molecular weight is 272 g/mol. The minimum atomic E-state index is -0.814. The number of hydrogen-bond donors (Lipinski definition) is 0. The van der Waals surface area contributed by atoms with Gasteiger partial charge in [0.15, 0.2) is 21.9 Å². The molecule has 0 fully saturated rings. The molecule has 0 bridgehead atoms. The summed E-state index contributed by atoms with van der Waals surface area (Å²) in [5.41, 5.74) is 1.52. The summed E-state index contributed by atoms with van der Waals surface area (Å²) in [5.74, 6) is -0.579. The fourth-order valence-electron chi connectivity index (χ4n) is 1.43. The summed E-state index contributed by atoms with van der Waals surface area (Å²) in [7, 11) is 0. The SMILES string of the molecule is CCc1cccnc1-c1nc(Cl)c(F)c(Cl)n1. The number of rotatable bonds is 2. The molecule has 2 aromatic rings. The second kappa shape index (κ2) is 4.94.